The zero-order chi connectivity index (χ0) is 20.1. The normalized spacial score (nSPS) is 15.2. The highest BCUT2D eigenvalue weighted by molar-refractivity contribution is 5.94. The Kier molecular flexibility index (Phi) is 5.91. The van der Waals surface area contributed by atoms with Gasteiger partial charge in [-0.3, -0.25) is 9.69 Å². The molecule has 0 spiro atoms. The van der Waals surface area contributed by atoms with Crippen LogP contribution in [0.3, 0.4) is 0 Å². The van der Waals surface area contributed by atoms with Crippen molar-refractivity contribution in [2.45, 2.75) is 18.9 Å². The van der Waals surface area contributed by atoms with Crippen molar-refractivity contribution in [3.8, 4) is 11.4 Å². The van der Waals surface area contributed by atoms with Crippen LogP contribution in [0.1, 0.15) is 34.8 Å². The summed E-state index contributed by atoms with van der Waals surface area (Å²) in [6.07, 6.45) is 7.76. The zero-order valence-corrected chi connectivity index (χ0v) is 16.6. The van der Waals surface area contributed by atoms with Crippen LogP contribution in [-0.2, 0) is 0 Å². The van der Waals surface area contributed by atoms with Gasteiger partial charge in [-0.15, -0.1) is 0 Å². The van der Waals surface area contributed by atoms with E-state index >= 15 is 0 Å². The minimum atomic E-state index is -0.0557. The Hall–Kier alpha value is -3.12. The Labute approximate surface area is 171 Å². The number of imidazole rings is 1. The van der Waals surface area contributed by atoms with Crippen molar-refractivity contribution in [2.24, 2.45) is 0 Å². The van der Waals surface area contributed by atoms with Gasteiger partial charge in [0.05, 0.1) is 19.5 Å². The molecule has 2 aromatic carbocycles. The largest absolute Gasteiger partial charge is 0.497 e. The molecule has 150 valence electrons. The third-order valence-corrected chi connectivity index (χ3v) is 5.47. The summed E-state index contributed by atoms with van der Waals surface area (Å²) in [6.45, 7) is 2.70. The molecule has 29 heavy (non-hydrogen) atoms. The molecule has 1 fully saturated rings. The number of hydrogen-bond donors (Lipinski definition) is 1. The summed E-state index contributed by atoms with van der Waals surface area (Å²) < 4.78 is 7.19. The molecule has 4 rings (SSSR count). The Morgan fingerprint density at radius 2 is 1.83 bits per heavy atom. The number of carbonyl (C=O) groups excluding carboxylic acids is 1. The van der Waals surface area contributed by atoms with Crippen molar-refractivity contribution in [1.82, 2.24) is 19.8 Å². The summed E-state index contributed by atoms with van der Waals surface area (Å²) in [7, 11) is 1.67. The lowest BCUT2D eigenvalue weighted by atomic mass is 10.0. The molecule has 1 aliphatic heterocycles. The number of hydrogen-bond acceptors (Lipinski definition) is 4. The molecule has 0 bridgehead atoms. The highest BCUT2D eigenvalue weighted by Crippen LogP contribution is 2.26. The Bertz CT molecular complexity index is 915. The van der Waals surface area contributed by atoms with Crippen LogP contribution >= 0.6 is 0 Å². The van der Waals surface area contributed by atoms with Gasteiger partial charge in [0.25, 0.3) is 5.91 Å². The maximum absolute atomic E-state index is 12.7. The van der Waals surface area contributed by atoms with Gasteiger partial charge in [-0.2, -0.15) is 0 Å². The quantitative estimate of drug-likeness (QED) is 0.671. The average molecular weight is 390 g/mol. The molecule has 1 saturated heterocycles. The number of rotatable bonds is 7. The number of nitrogens with zero attached hydrogens (tertiary/aromatic N) is 3. The van der Waals surface area contributed by atoms with Crippen LogP contribution in [0.2, 0.25) is 0 Å². The smallest absolute Gasteiger partial charge is 0.251 e. The van der Waals surface area contributed by atoms with Gasteiger partial charge in [-0.1, -0.05) is 12.1 Å². The first-order valence-corrected chi connectivity index (χ1v) is 9.99. The Morgan fingerprint density at radius 1 is 1.10 bits per heavy atom. The van der Waals surface area contributed by atoms with Gasteiger partial charge in [0.15, 0.2) is 0 Å². The van der Waals surface area contributed by atoms with Crippen molar-refractivity contribution in [1.29, 1.82) is 0 Å². The van der Waals surface area contributed by atoms with Gasteiger partial charge in [-0.25, -0.2) is 4.98 Å². The van der Waals surface area contributed by atoms with Crippen LogP contribution in [-0.4, -0.2) is 47.1 Å². The van der Waals surface area contributed by atoms with E-state index in [1.807, 2.05) is 47.2 Å². The number of carbonyl (C=O) groups is 1. The maximum Gasteiger partial charge on any atom is 0.251 e. The van der Waals surface area contributed by atoms with E-state index in [-0.39, 0.29) is 11.9 Å². The van der Waals surface area contributed by atoms with Crippen LogP contribution in [0.5, 0.6) is 5.75 Å². The molecule has 0 radical (unpaired) electrons. The highest BCUT2D eigenvalue weighted by atomic mass is 16.5. The summed E-state index contributed by atoms with van der Waals surface area (Å²) in [5.41, 5.74) is 2.83. The van der Waals surface area contributed by atoms with Crippen LogP contribution in [0, 0.1) is 0 Å². The molecule has 1 aromatic heterocycles. The van der Waals surface area contributed by atoms with Gasteiger partial charge < -0.3 is 14.6 Å². The number of ether oxygens (including phenoxy) is 1. The molecule has 6 nitrogen and oxygen atoms in total. The molecular formula is C23H26N4O2. The molecule has 0 aliphatic carbocycles. The molecule has 2 heterocycles. The molecule has 1 unspecified atom stereocenters. The molecule has 1 amide bonds. The molecule has 6 heteroatoms. The third kappa shape index (κ3) is 4.49. The van der Waals surface area contributed by atoms with E-state index < -0.39 is 0 Å². The number of likely N-dealkylation sites (tertiary alicyclic amines) is 1. The van der Waals surface area contributed by atoms with Gasteiger partial charge in [0, 0.05) is 30.2 Å². The molecule has 1 aliphatic rings. The second-order valence-electron chi connectivity index (χ2n) is 7.26. The van der Waals surface area contributed by atoms with Crippen molar-refractivity contribution >= 4 is 5.91 Å². The number of nitrogens with one attached hydrogen (secondary N) is 1. The van der Waals surface area contributed by atoms with Gasteiger partial charge in [0.2, 0.25) is 0 Å². The van der Waals surface area contributed by atoms with Crippen LogP contribution in [0.15, 0.2) is 67.3 Å². The molecule has 1 atom stereocenters. The van der Waals surface area contributed by atoms with Crippen LogP contribution in [0.25, 0.3) is 5.69 Å². The maximum atomic E-state index is 12.7. The van der Waals surface area contributed by atoms with Gasteiger partial charge in [-0.05, 0) is 67.9 Å². The molecule has 0 saturated carbocycles. The minimum absolute atomic E-state index is 0.0557. The fourth-order valence-corrected chi connectivity index (χ4v) is 3.83. The van der Waals surface area contributed by atoms with E-state index in [9.17, 15) is 4.79 Å². The van der Waals surface area contributed by atoms with Crippen LogP contribution < -0.4 is 10.1 Å². The predicted octanol–water partition coefficient (Wildman–Crippen LogP) is 3.45. The van der Waals surface area contributed by atoms with E-state index in [0.29, 0.717) is 12.1 Å². The zero-order valence-electron chi connectivity index (χ0n) is 16.6. The summed E-state index contributed by atoms with van der Waals surface area (Å²) in [4.78, 5) is 19.2. The fraction of sp³-hybridized carbons (Fsp3) is 0.304. The lowest BCUT2D eigenvalue weighted by Crippen LogP contribution is -2.36. The monoisotopic (exact) mass is 390 g/mol. The summed E-state index contributed by atoms with van der Waals surface area (Å²) >= 11 is 0. The molecule has 1 N–H and O–H groups in total. The van der Waals surface area contributed by atoms with Crippen molar-refractivity contribution in [3.63, 3.8) is 0 Å². The SMILES string of the molecule is COc1ccc(C(CNC(=O)c2ccc(-n3ccnc3)cc2)N2CCCC2)cc1. The minimum Gasteiger partial charge on any atom is -0.497 e. The third-order valence-electron chi connectivity index (χ3n) is 5.47. The number of benzene rings is 2. The van der Waals surface area contributed by atoms with E-state index in [0.717, 1.165) is 24.5 Å². The van der Waals surface area contributed by atoms with E-state index in [2.05, 4.69) is 27.3 Å². The van der Waals surface area contributed by atoms with Gasteiger partial charge >= 0.3 is 0 Å². The summed E-state index contributed by atoms with van der Waals surface area (Å²) in [5.74, 6) is 0.788. The first kappa shape index (κ1) is 19.2. The molecular weight excluding hydrogens is 364 g/mol. The van der Waals surface area contributed by atoms with E-state index in [1.165, 1.54) is 18.4 Å². The second-order valence-corrected chi connectivity index (χ2v) is 7.26. The topological polar surface area (TPSA) is 59.4 Å². The van der Waals surface area contributed by atoms with Crippen molar-refractivity contribution in [2.75, 3.05) is 26.7 Å². The van der Waals surface area contributed by atoms with Crippen molar-refractivity contribution < 1.29 is 9.53 Å². The van der Waals surface area contributed by atoms with Gasteiger partial charge in [0.1, 0.15) is 5.75 Å². The second kappa shape index (κ2) is 8.92. The number of amides is 1. The Balaban J connectivity index is 1.44. The lowest BCUT2D eigenvalue weighted by molar-refractivity contribution is 0.0938. The van der Waals surface area contributed by atoms with E-state index in [1.54, 1.807) is 19.6 Å². The lowest BCUT2D eigenvalue weighted by Gasteiger charge is -2.28. The average Bonchev–Trinajstić information content (AvgIpc) is 3.49. The van der Waals surface area contributed by atoms with Crippen LogP contribution in [0.4, 0.5) is 0 Å². The predicted molar refractivity (Wildman–Crippen MR) is 112 cm³/mol. The van der Waals surface area contributed by atoms with Crippen molar-refractivity contribution in [3.05, 3.63) is 78.4 Å². The summed E-state index contributed by atoms with van der Waals surface area (Å²) in [5, 5.41) is 3.13. The highest BCUT2D eigenvalue weighted by Gasteiger charge is 2.24. The fourth-order valence-electron chi connectivity index (χ4n) is 3.83. The molecule has 3 aromatic rings. The first-order valence-electron chi connectivity index (χ1n) is 9.99. The Morgan fingerprint density at radius 3 is 2.45 bits per heavy atom. The summed E-state index contributed by atoms with van der Waals surface area (Å²) in [6, 6.07) is 15.9. The number of methoxy groups -OCH3 is 1. The standard InChI is InChI=1S/C23H26N4O2/c1-29-21-10-6-18(7-11-21)22(26-13-2-3-14-26)16-25-23(28)19-4-8-20(9-5-19)27-15-12-24-17-27/h4-12,15,17,22H,2-3,13-14,16H2,1H3,(H,25,28). The first-order chi connectivity index (χ1) is 14.2. The van der Waals surface area contributed by atoms with E-state index in [4.69, 9.17) is 4.74 Å². The number of aromatic nitrogens is 2.